The molecule has 0 aromatic carbocycles. The monoisotopic (exact) mass is 260 g/mol. The van der Waals surface area contributed by atoms with E-state index in [0.29, 0.717) is 11.0 Å². The Morgan fingerprint density at radius 1 is 1.22 bits per heavy atom. The lowest BCUT2D eigenvalue weighted by atomic mass is 10.3. The fourth-order valence-electron chi connectivity index (χ4n) is 1.70. The van der Waals surface area contributed by atoms with Crippen LogP contribution in [0.1, 0.15) is 5.69 Å². The number of hydrogen-bond acceptors (Lipinski definition) is 4. The molecule has 0 radical (unpaired) electrons. The molecule has 0 bridgehead atoms. The largest absolute Gasteiger partial charge is 0.463 e. The van der Waals surface area contributed by atoms with Crippen LogP contribution >= 0.6 is 11.6 Å². The summed E-state index contributed by atoms with van der Waals surface area (Å²) in [5.74, 6) is 1.33. The summed E-state index contributed by atoms with van der Waals surface area (Å²) in [6.45, 7) is 1.91. The topological polar surface area (TPSA) is 56.7 Å². The van der Waals surface area contributed by atoms with Crippen molar-refractivity contribution in [2.45, 2.75) is 6.92 Å². The number of nitrogens with zero attached hydrogens (tertiary/aromatic N) is 4. The van der Waals surface area contributed by atoms with E-state index in [2.05, 4.69) is 15.3 Å². The van der Waals surface area contributed by atoms with E-state index in [1.165, 1.54) is 0 Å². The van der Waals surface area contributed by atoms with Crippen LogP contribution in [0.4, 0.5) is 0 Å². The van der Waals surface area contributed by atoms with Crippen LogP contribution in [0.15, 0.2) is 41.0 Å². The van der Waals surface area contributed by atoms with Crippen molar-refractivity contribution in [1.29, 1.82) is 0 Å². The molecule has 3 rings (SSSR count). The van der Waals surface area contributed by atoms with E-state index in [1.54, 1.807) is 23.1 Å². The van der Waals surface area contributed by atoms with Gasteiger partial charge in [0.05, 0.1) is 12.0 Å². The van der Waals surface area contributed by atoms with Gasteiger partial charge in [-0.1, -0.05) is 11.6 Å². The second-order valence-corrected chi connectivity index (χ2v) is 4.16. The Bertz CT molecular complexity index is 658. The van der Waals surface area contributed by atoms with Gasteiger partial charge >= 0.3 is 0 Å². The molecule has 0 saturated carbocycles. The third-order valence-corrected chi connectivity index (χ3v) is 2.64. The molecule has 0 atom stereocenters. The molecule has 0 fully saturated rings. The van der Waals surface area contributed by atoms with Gasteiger partial charge in [0, 0.05) is 0 Å². The second kappa shape index (κ2) is 4.27. The molecule has 5 nitrogen and oxygen atoms in total. The van der Waals surface area contributed by atoms with Crippen molar-refractivity contribution in [2.75, 3.05) is 0 Å². The zero-order valence-corrected chi connectivity index (χ0v) is 10.3. The summed E-state index contributed by atoms with van der Waals surface area (Å²) < 4.78 is 7.06. The minimum Gasteiger partial charge on any atom is -0.463 e. The molecule has 0 spiro atoms. The summed E-state index contributed by atoms with van der Waals surface area (Å²) >= 11 is 5.72. The SMILES string of the molecule is Cc1cc(-c2ccco2)n(-c2ccc(Cl)nn2)n1. The van der Waals surface area contributed by atoms with Crippen LogP contribution in [0.3, 0.4) is 0 Å². The molecule has 6 heteroatoms. The smallest absolute Gasteiger partial charge is 0.176 e. The summed E-state index contributed by atoms with van der Waals surface area (Å²) in [6, 6.07) is 9.06. The molecule has 0 unspecified atom stereocenters. The number of aromatic nitrogens is 4. The fourth-order valence-corrected chi connectivity index (χ4v) is 1.80. The Hall–Kier alpha value is -2.14. The summed E-state index contributed by atoms with van der Waals surface area (Å²) in [4.78, 5) is 0. The molecule has 3 heterocycles. The Morgan fingerprint density at radius 2 is 2.11 bits per heavy atom. The number of halogens is 1. The zero-order chi connectivity index (χ0) is 12.5. The minimum absolute atomic E-state index is 0.349. The standard InChI is InChI=1S/C12H9ClN4O/c1-8-7-9(10-3-2-6-18-10)17(16-8)12-5-4-11(13)14-15-12/h2-7H,1H3. The average molecular weight is 261 g/mol. The Kier molecular flexibility index (Phi) is 2.60. The highest BCUT2D eigenvalue weighted by Gasteiger charge is 2.13. The maximum absolute atomic E-state index is 5.72. The van der Waals surface area contributed by atoms with E-state index in [9.17, 15) is 0 Å². The Labute approximate surface area is 108 Å². The number of rotatable bonds is 2. The maximum Gasteiger partial charge on any atom is 0.176 e. The van der Waals surface area contributed by atoms with E-state index in [0.717, 1.165) is 17.1 Å². The molecule has 0 aliphatic rings. The first-order valence-electron chi connectivity index (χ1n) is 5.34. The number of aryl methyl sites for hydroxylation is 1. The lowest BCUT2D eigenvalue weighted by Gasteiger charge is -2.03. The average Bonchev–Trinajstić information content (AvgIpc) is 2.98. The van der Waals surface area contributed by atoms with Gasteiger partial charge in [0.2, 0.25) is 0 Å². The molecular formula is C12H9ClN4O. The third-order valence-electron chi connectivity index (χ3n) is 2.44. The predicted molar refractivity (Wildman–Crippen MR) is 66.6 cm³/mol. The van der Waals surface area contributed by atoms with Crippen molar-refractivity contribution in [3.8, 4) is 17.3 Å². The first-order chi connectivity index (χ1) is 8.74. The fraction of sp³-hybridized carbons (Fsp3) is 0.0833. The van der Waals surface area contributed by atoms with Crippen LogP contribution in [0.25, 0.3) is 17.3 Å². The molecule has 0 aliphatic carbocycles. The van der Waals surface area contributed by atoms with Crippen LogP contribution in [0, 0.1) is 6.92 Å². The highest BCUT2D eigenvalue weighted by molar-refractivity contribution is 6.29. The zero-order valence-electron chi connectivity index (χ0n) is 9.54. The molecule has 0 saturated heterocycles. The van der Waals surface area contributed by atoms with Crippen molar-refractivity contribution >= 4 is 11.6 Å². The van der Waals surface area contributed by atoms with Gasteiger partial charge in [-0.15, -0.1) is 10.2 Å². The van der Waals surface area contributed by atoms with Crippen LogP contribution in [-0.4, -0.2) is 20.0 Å². The van der Waals surface area contributed by atoms with Crippen molar-refractivity contribution < 1.29 is 4.42 Å². The Morgan fingerprint density at radius 3 is 2.78 bits per heavy atom. The van der Waals surface area contributed by atoms with E-state index < -0.39 is 0 Å². The first kappa shape index (κ1) is 11.0. The molecule has 90 valence electrons. The van der Waals surface area contributed by atoms with E-state index >= 15 is 0 Å². The quantitative estimate of drug-likeness (QED) is 0.711. The highest BCUT2D eigenvalue weighted by atomic mass is 35.5. The summed E-state index contributed by atoms with van der Waals surface area (Å²) in [5.41, 5.74) is 1.70. The van der Waals surface area contributed by atoms with Crippen LogP contribution in [0.5, 0.6) is 0 Å². The van der Waals surface area contributed by atoms with Gasteiger partial charge < -0.3 is 4.42 Å². The molecular weight excluding hydrogens is 252 g/mol. The van der Waals surface area contributed by atoms with Crippen molar-refractivity contribution in [3.63, 3.8) is 0 Å². The van der Waals surface area contributed by atoms with Gasteiger partial charge in [0.25, 0.3) is 0 Å². The maximum atomic E-state index is 5.72. The summed E-state index contributed by atoms with van der Waals surface area (Å²) in [5, 5.41) is 12.5. The lowest BCUT2D eigenvalue weighted by Crippen LogP contribution is -2.02. The Balaban J connectivity index is 2.15. The molecule has 0 N–H and O–H groups in total. The molecule has 0 aliphatic heterocycles. The molecule has 0 amide bonds. The minimum atomic E-state index is 0.349. The highest BCUT2D eigenvalue weighted by Crippen LogP contribution is 2.23. The van der Waals surface area contributed by atoms with Crippen LogP contribution in [0.2, 0.25) is 5.15 Å². The molecule has 18 heavy (non-hydrogen) atoms. The van der Waals surface area contributed by atoms with Gasteiger partial charge in [-0.05, 0) is 37.3 Å². The first-order valence-corrected chi connectivity index (χ1v) is 5.72. The van der Waals surface area contributed by atoms with Gasteiger partial charge in [-0.2, -0.15) is 5.10 Å². The normalized spacial score (nSPS) is 10.8. The number of hydrogen-bond donors (Lipinski definition) is 0. The third kappa shape index (κ3) is 1.89. The number of furan rings is 1. The molecule has 3 aromatic heterocycles. The van der Waals surface area contributed by atoms with Crippen molar-refractivity contribution in [2.24, 2.45) is 0 Å². The summed E-state index contributed by atoms with van der Waals surface area (Å²) in [7, 11) is 0. The predicted octanol–water partition coefficient (Wildman–Crippen LogP) is 2.88. The van der Waals surface area contributed by atoms with Gasteiger partial charge in [-0.25, -0.2) is 4.68 Å². The van der Waals surface area contributed by atoms with Crippen molar-refractivity contribution in [1.82, 2.24) is 20.0 Å². The van der Waals surface area contributed by atoms with E-state index in [4.69, 9.17) is 16.0 Å². The van der Waals surface area contributed by atoms with E-state index in [-0.39, 0.29) is 0 Å². The summed E-state index contributed by atoms with van der Waals surface area (Å²) in [6.07, 6.45) is 1.62. The van der Waals surface area contributed by atoms with Crippen molar-refractivity contribution in [3.05, 3.63) is 47.4 Å². The van der Waals surface area contributed by atoms with Gasteiger partial charge in [0.15, 0.2) is 16.7 Å². The lowest BCUT2D eigenvalue weighted by molar-refractivity contribution is 0.576. The van der Waals surface area contributed by atoms with Gasteiger partial charge in [-0.3, -0.25) is 0 Å². The molecule has 3 aromatic rings. The van der Waals surface area contributed by atoms with Crippen LogP contribution < -0.4 is 0 Å². The van der Waals surface area contributed by atoms with E-state index in [1.807, 2.05) is 25.1 Å². The van der Waals surface area contributed by atoms with Gasteiger partial charge in [0.1, 0.15) is 5.69 Å². The van der Waals surface area contributed by atoms with Crippen LogP contribution in [-0.2, 0) is 0 Å². The second-order valence-electron chi connectivity index (χ2n) is 3.77.